The largest absolute Gasteiger partial charge is 0.465 e. The number of carbonyl (C=O) groups is 2. The molecule has 1 saturated heterocycles. The number of hydrogen-bond acceptors (Lipinski definition) is 3. The lowest BCUT2D eigenvalue weighted by Gasteiger charge is -2.37. The maximum atomic E-state index is 12.0. The summed E-state index contributed by atoms with van der Waals surface area (Å²) in [5, 5.41) is 10.2. The van der Waals surface area contributed by atoms with Gasteiger partial charge in [0, 0.05) is 26.1 Å². The van der Waals surface area contributed by atoms with Gasteiger partial charge in [-0.25, -0.2) is 9.86 Å². The summed E-state index contributed by atoms with van der Waals surface area (Å²) in [4.78, 5) is 29.2. The molecule has 1 aliphatic rings. The molecule has 2 atom stereocenters. The number of likely N-dealkylation sites (tertiary alicyclic amines) is 1. The Bertz CT molecular complexity index is 295. The first-order chi connectivity index (χ1) is 8.01. The molecule has 1 N–H and O–H groups in total. The van der Waals surface area contributed by atoms with Gasteiger partial charge >= 0.3 is 6.09 Å². The van der Waals surface area contributed by atoms with Crippen molar-refractivity contribution in [3.63, 3.8) is 0 Å². The molecule has 0 aromatic rings. The lowest BCUT2D eigenvalue weighted by atomic mass is 9.83. The van der Waals surface area contributed by atoms with Crippen molar-refractivity contribution in [2.24, 2.45) is 11.8 Å². The fourth-order valence-corrected chi connectivity index (χ4v) is 2.27. The van der Waals surface area contributed by atoms with Crippen LogP contribution >= 0.6 is 0 Å². The second-order valence-corrected chi connectivity index (χ2v) is 4.31. The average molecular weight is 244 g/mol. The Morgan fingerprint density at radius 3 is 2.65 bits per heavy atom. The van der Waals surface area contributed by atoms with E-state index in [1.165, 1.54) is 17.1 Å². The summed E-state index contributed by atoms with van der Waals surface area (Å²) in [6.07, 6.45) is 0.448. The average Bonchev–Trinajstić information content (AvgIpc) is 2.35. The van der Waals surface area contributed by atoms with Crippen molar-refractivity contribution in [3.05, 3.63) is 0 Å². The molecule has 2 unspecified atom stereocenters. The second-order valence-electron chi connectivity index (χ2n) is 4.31. The van der Waals surface area contributed by atoms with Crippen LogP contribution in [0.25, 0.3) is 0 Å². The van der Waals surface area contributed by atoms with Crippen LogP contribution in [-0.2, 0) is 9.63 Å². The van der Waals surface area contributed by atoms with E-state index >= 15 is 0 Å². The van der Waals surface area contributed by atoms with Gasteiger partial charge in [0.1, 0.15) is 0 Å². The van der Waals surface area contributed by atoms with Crippen molar-refractivity contribution in [1.29, 1.82) is 0 Å². The van der Waals surface area contributed by atoms with Crippen LogP contribution in [0.1, 0.15) is 19.8 Å². The summed E-state index contributed by atoms with van der Waals surface area (Å²) >= 11 is 0. The number of carboxylic acid groups (broad SMARTS) is 1. The van der Waals surface area contributed by atoms with Crippen LogP contribution in [-0.4, -0.2) is 54.3 Å². The minimum Gasteiger partial charge on any atom is -0.465 e. The van der Waals surface area contributed by atoms with Crippen molar-refractivity contribution in [3.8, 4) is 0 Å². The zero-order chi connectivity index (χ0) is 13.0. The molecule has 1 rings (SSSR count). The molecule has 1 heterocycles. The third kappa shape index (κ3) is 3.09. The van der Waals surface area contributed by atoms with Crippen LogP contribution in [0, 0.1) is 11.8 Å². The van der Waals surface area contributed by atoms with E-state index in [0.29, 0.717) is 19.5 Å². The van der Waals surface area contributed by atoms with E-state index in [0.717, 1.165) is 6.42 Å². The molecule has 1 fully saturated rings. The zero-order valence-electron chi connectivity index (χ0n) is 10.5. The molecule has 17 heavy (non-hydrogen) atoms. The first kappa shape index (κ1) is 13.8. The van der Waals surface area contributed by atoms with Crippen LogP contribution in [0.2, 0.25) is 0 Å². The number of hydrogen-bond donors (Lipinski definition) is 1. The lowest BCUT2D eigenvalue weighted by molar-refractivity contribution is -0.177. The molecule has 1 aliphatic heterocycles. The first-order valence-corrected chi connectivity index (χ1v) is 5.80. The third-order valence-electron chi connectivity index (χ3n) is 3.43. The lowest BCUT2D eigenvalue weighted by Crippen LogP contribution is -2.48. The van der Waals surface area contributed by atoms with E-state index in [9.17, 15) is 9.59 Å². The fraction of sp³-hybridized carbons (Fsp3) is 0.818. The number of piperidine rings is 1. The van der Waals surface area contributed by atoms with Crippen molar-refractivity contribution in [2.75, 3.05) is 27.2 Å². The van der Waals surface area contributed by atoms with Gasteiger partial charge < -0.3 is 10.0 Å². The molecule has 0 bridgehead atoms. The highest BCUT2D eigenvalue weighted by molar-refractivity contribution is 5.78. The van der Waals surface area contributed by atoms with E-state index in [4.69, 9.17) is 9.94 Å². The smallest absolute Gasteiger partial charge is 0.407 e. The fourth-order valence-electron chi connectivity index (χ4n) is 2.27. The van der Waals surface area contributed by atoms with Gasteiger partial charge in [0.2, 0.25) is 5.91 Å². The van der Waals surface area contributed by atoms with Gasteiger partial charge in [-0.05, 0) is 12.3 Å². The maximum absolute atomic E-state index is 12.0. The van der Waals surface area contributed by atoms with Crippen molar-refractivity contribution in [1.82, 2.24) is 9.96 Å². The maximum Gasteiger partial charge on any atom is 0.407 e. The van der Waals surface area contributed by atoms with E-state index in [1.807, 2.05) is 6.92 Å². The van der Waals surface area contributed by atoms with Crippen LogP contribution in [0.15, 0.2) is 0 Å². The highest BCUT2D eigenvalue weighted by Gasteiger charge is 2.36. The van der Waals surface area contributed by atoms with Gasteiger partial charge in [-0.15, -0.1) is 0 Å². The molecule has 2 amide bonds. The molecule has 0 saturated carbocycles. The molecule has 6 nitrogen and oxygen atoms in total. The highest BCUT2D eigenvalue weighted by Crippen LogP contribution is 2.27. The second kappa shape index (κ2) is 5.86. The van der Waals surface area contributed by atoms with Crippen LogP contribution in [0.5, 0.6) is 0 Å². The Morgan fingerprint density at radius 1 is 1.53 bits per heavy atom. The minimum absolute atomic E-state index is 0.0654. The van der Waals surface area contributed by atoms with E-state index in [-0.39, 0.29) is 17.7 Å². The Balaban J connectivity index is 2.69. The van der Waals surface area contributed by atoms with Gasteiger partial charge in [0.15, 0.2) is 0 Å². The topological polar surface area (TPSA) is 70.1 Å². The number of hydroxylamine groups is 2. The first-order valence-electron chi connectivity index (χ1n) is 5.80. The summed E-state index contributed by atoms with van der Waals surface area (Å²) in [5.74, 6) is -0.130. The standard InChI is InChI=1S/C11H20N2O4/c1-4-8-7-13(11(15)16)6-5-9(8)10(14)12(2)17-3/h8-9H,4-7H2,1-3H3,(H,15,16). The molecule has 0 aromatic carbocycles. The van der Waals surface area contributed by atoms with Crippen molar-refractivity contribution in [2.45, 2.75) is 19.8 Å². The van der Waals surface area contributed by atoms with Crippen LogP contribution in [0.3, 0.4) is 0 Å². The van der Waals surface area contributed by atoms with E-state index in [1.54, 1.807) is 7.05 Å². The van der Waals surface area contributed by atoms with E-state index < -0.39 is 6.09 Å². The SMILES string of the molecule is CCC1CN(C(=O)O)CCC1C(=O)N(C)OC. The Kier molecular flexibility index (Phi) is 4.74. The zero-order valence-corrected chi connectivity index (χ0v) is 10.5. The van der Waals surface area contributed by atoms with Gasteiger partial charge in [-0.3, -0.25) is 9.63 Å². The molecule has 0 spiro atoms. The molecule has 0 aliphatic carbocycles. The van der Waals surface area contributed by atoms with Gasteiger partial charge in [0.25, 0.3) is 0 Å². The Morgan fingerprint density at radius 2 is 2.18 bits per heavy atom. The summed E-state index contributed by atoms with van der Waals surface area (Å²) in [6.45, 7) is 2.82. The summed E-state index contributed by atoms with van der Waals surface area (Å²) in [5.41, 5.74) is 0. The molecular formula is C11H20N2O4. The van der Waals surface area contributed by atoms with Gasteiger partial charge in [-0.2, -0.15) is 0 Å². The normalized spacial score (nSPS) is 24.5. The van der Waals surface area contributed by atoms with Gasteiger partial charge in [0.05, 0.1) is 7.11 Å². The highest BCUT2D eigenvalue weighted by atomic mass is 16.7. The summed E-state index contributed by atoms with van der Waals surface area (Å²) in [6, 6.07) is 0. The predicted octanol–water partition coefficient (Wildman–Crippen LogP) is 1.03. The molecule has 6 heteroatoms. The molecule has 98 valence electrons. The quantitative estimate of drug-likeness (QED) is 0.753. The summed E-state index contributed by atoms with van der Waals surface area (Å²) in [7, 11) is 3.03. The number of nitrogens with zero attached hydrogens (tertiary/aromatic N) is 2. The van der Waals surface area contributed by atoms with Crippen LogP contribution in [0.4, 0.5) is 4.79 Å². The monoisotopic (exact) mass is 244 g/mol. The third-order valence-corrected chi connectivity index (χ3v) is 3.43. The van der Waals surface area contributed by atoms with Gasteiger partial charge in [-0.1, -0.05) is 13.3 Å². The number of amides is 2. The van der Waals surface area contributed by atoms with Crippen molar-refractivity contribution < 1.29 is 19.5 Å². The van der Waals surface area contributed by atoms with E-state index in [2.05, 4.69) is 0 Å². The molecular weight excluding hydrogens is 224 g/mol. The number of carbonyl (C=O) groups excluding carboxylic acids is 1. The van der Waals surface area contributed by atoms with Crippen molar-refractivity contribution >= 4 is 12.0 Å². The minimum atomic E-state index is -0.908. The van der Waals surface area contributed by atoms with Crippen LogP contribution < -0.4 is 0 Å². The molecule has 0 aromatic heterocycles. The number of rotatable bonds is 3. The predicted molar refractivity (Wildman–Crippen MR) is 61.3 cm³/mol. The Labute approximate surface area is 101 Å². The Hall–Kier alpha value is -1.30. The summed E-state index contributed by atoms with van der Waals surface area (Å²) < 4.78 is 0. The molecule has 0 radical (unpaired) electrons.